The summed E-state index contributed by atoms with van der Waals surface area (Å²) in [7, 11) is 1.60. The van der Waals surface area contributed by atoms with Crippen LogP contribution in [0.1, 0.15) is 19.4 Å². The molecule has 8 heteroatoms. The Morgan fingerprint density at radius 2 is 1.64 bits per heavy atom. The van der Waals surface area contributed by atoms with Crippen LogP contribution in [0.15, 0.2) is 70.5 Å². The minimum atomic E-state index is -0.399. The lowest BCUT2D eigenvalue weighted by Gasteiger charge is -2.14. The van der Waals surface area contributed by atoms with E-state index < -0.39 is 5.69 Å². The molecule has 0 unspecified atom stereocenters. The highest BCUT2D eigenvalue weighted by Crippen LogP contribution is 2.17. The molecule has 0 aliphatic rings. The zero-order chi connectivity index (χ0) is 23.4. The Balaban J connectivity index is 1.70. The molecule has 4 aromatic rings. The number of rotatable bonds is 9. The van der Waals surface area contributed by atoms with Crippen molar-refractivity contribution in [3.8, 4) is 11.5 Å². The molecule has 8 nitrogen and oxygen atoms in total. The lowest BCUT2D eigenvalue weighted by molar-refractivity contribution is 0.292. The van der Waals surface area contributed by atoms with Crippen molar-refractivity contribution >= 4 is 11.2 Å². The first kappa shape index (κ1) is 22.4. The monoisotopic (exact) mass is 448 g/mol. The smallest absolute Gasteiger partial charge is 0.333 e. The van der Waals surface area contributed by atoms with Crippen molar-refractivity contribution in [1.29, 1.82) is 0 Å². The molecule has 4 rings (SSSR count). The van der Waals surface area contributed by atoms with Crippen molar-refractivity contribution in [3.05, 3.63) is 87.3 Å². The van der Waals surface area contributed by atoms with Gasteiger partial charge in [0, 0.05) is 6.54 Å². The Kier molecular flexibility index (Phi) is 6.63. The molecule has 33 heavy (non-hydrogen) atoms. The van der Waals surface area contributed by atoms with E-state index in [2.05, 4.69) is 18.8 Å². The Labute approximate surface area is 191 Å². The average Bonchev–Trinajstić information content (AvgIpc) is 3.23. The van der Waals surface area contributed by atoms with Gasteiger partial charge in [-0.2, -0.15) is 0 Å². The maximum absolute atomic E-state index is 13.4. The average molecular weight is 449 g/mol. The zero-order valence-electron chi connectivity index (χ0n) is 19.1. The summed E-state index contributed by atoms with van der Waals surface area (Å²) >= 11 is 0. The molecule has 172 valence electrons. The van der Waals surface area contributed by atoms with Crippen LogP contribution in [0.4, 0.5) is 0 Å². The van der Waals surface area contributed by atoms with E-state index in [0.29, 0.717) is 35.9 Å². The van der Waals surface area contributed by atoms with E-state index in [1.165, 1.54) is 4.57 Å². The summed E-state index contributed by atoms with van der Waals surface area (Å²) in [6.45, 7) is 5.42. The highest BCUT2D eigenvalue weighted by atomic mass is 16.5. The molecular formula is C25H28N4O4. The predicted molar refractivity (Wildman–Crippen MR) is 127 cm³/mol. The van der Waals surface area contributed by atoms with Crippen molar-refractivity contribution in [3.63, 3.8) is 0 Å². The predicted octanol–water partition coefficient (Wildman–Crippen LogP) is 3.15. The summed E-state index contributed by atoms with van der Waals surface area (Å²) in [6, 6.07) is 16.8. The molecule has 0 spiro atoms. The van der Waals surface area contributed by atoms with E-state index in [1.807, 2.05) is 34.9 Å². The van der Waals surface area contributed by atoms with Gasteiger partial charge in [0.2, 0.25) is 0 Å². The SMILES string of the molecule is COc1ccc(OCCn2c(=O)c3c(ncn3CC(C)C)n(Cc3ccccc3)c2=O)cc1. The lowest BCUT2D eigenvalue weighted by atomic mass is 10.2. The number of imidazole rings is 1. The molecule has 0 radical (unpaired) electrons. The highest BCUT2D eigenvalue weighted by Gasteiger charge is 2.19. The second-order valence-electron chi connectivity index (χ2n) is 8.30. The summed E-state index contributed by atoms with van der Waals surface area (Å²) in [5.41, 5.74) is 1.05. The fraction of sp³-hybridized carbons (Fsp3) is 0.320. The molecular weight excluding hydrogens is 420 g/mol. The van der Waals surface area contributed by atoms with Gasteiger partial charge >= 0.3 is 5.69 Å². The van der Waals surface area contributed by atoms with E-state index in [-0.39, 0.29) is 18.7 Å². The Morgan fingerprint density at radius 3 is 2.30 bits per heavy atom. The summed E-state index contributed by atoms with van der Waals surface area (Å²) in [5.74, 6) is 1.69. The van der Waals surface area contributed by atoms with Gasteiger partial charge < -0.3 is 14.0 Å². The van der Waals surface area contributed by atoms with Crippen LogP contribution in [-0.2, 0) is 19.6 Å². The molecule has 0 aliphatic heterocycles. The molecule has 2 aromatic heterocycles. The highest BCUT2D eigenvalue weighted by molar-refractivity contribution is 5.70. The van der Waals surface area contributed by atoms with Crippen molar-refractivity contribution in [2.45, 2.75) is 33.5 Å². The number of aromatic nitrogens is 4. The van der Waals surface area contributed by atoms with E-state index in [4.69, 9.17) is 9.47 Å². The standard InChI is InChI=1S/C25H28N4O4/c1-18(2)15-27-17-26-23-22(27)24(30)28(13-14-33-21-11-9-20(32-3)10-12-21)25(31)29(23)16-19-7-5-4-6-8-19/h4-12,17-18H,13-16H2,1-3H3. The van der Waals surface area contributed by atoms with Gasteiger partial charge in [0.1, 0.15) is 18.1 Å². The second-order valence-corrected chi connectivity index (χ2v) is 8.30. The minimum absolute atomic E-state index is 0.126. The first-order chi connectivity index (χ1) is 16.0. The number of fused-ring (bicyclic) bond motifs is 1. The third kappa shape index (κ3) is 4.84. The third-order valence-corrected chi connectivity index (χ3v) is 5.37. The van der Waals surface area contributed by atoms with Gasteiger partial charge in [-0.3, -0.25) is 13.9 Å². The Bertz CT molecular complexity index is 1340. The van der Waals surface area contributed by atoms with Crippen molar-refractivity contribution in [2.75, 3.05) is 13.7 Å². The van der Waals surface area contributed by atoms with E-state index in [0.717, 1.165) is 11.3 Å². The van der Waals surface area contributed by atoms with Crippen LogP contribution in [0.5, 0.6) is 11.5 Å². The summed E-state index contributed by atoms with van der Waals surface area (Å²) < 4.78 is 15.6. The van der Waals surface area contributed by atoms with Crippen LogP contribution < -0.4 is 20.7 Å². The number of hydrogen-bond donors (Lipinski definition) is 0. The van der Waals surface area contributed by atoms with Crippen LogP contribution in [-0.4, -0.2) is 32.4 Å². The van der Waals surface area contributed by atoms with E-state index >= 15 is 0 Å². The topological polar surface area (TPSA) is 80.3 Å². The van der Waals surface area contributed by atoms with Crippen molar-refractivity contribution in [2.24, 2.45) is 5.92 Å². The van der Waals surface area contributed by atoms with Gasteiger partial charge in [0.25, 0.3) is 5.56 Å². The third-order valence-electron chi connectivity index (χ3n) is 5.37. The number of methoxy groups -OCH3 is 1. The molecule has 0 bridgehead atoms. The number of ether oxygens (including phenoxy) is 2. The number of benzene rings is 2. The van der Waals surface area contributed by atoms with Gasteiger partial charge in [-0.1, -0.05) is 44.2 Å². The van der Waals surface area contributed by atoms with Crippen LogP contribution in [0.2, 0.25) is 0 Å². The normalized spacial score (nSPS) is 11.3. The molecule has 0 fully saturated rings. The summed E-state index contributed by atoms with van der Waals surface area (Å²) in [5, 5.41) is 0. The van der Waals surface area contributed by atoms with Crippen LogP contribution in [0, 0.1) is 5.92 Å². The Morgan fingerprint density at radius 1 is 0.939 bits per heavy atom. The quantitative estimate of drug-likeness (QED) is 0.393. The number of nitrogens with zero attached hydrogens (tertiary/aromatic N) is 4. The van der Waals surface area contributed by atoms with Crippen LogP contribution in [0.3, 0.4) is 0 Å². The van der Waals surface area contributed by atoms with Crippen molar-refractivity contribution in [1.82, 2.24) is 18.7 Å². The van der Waals surface area contributed by atoms with E-state index in [9.17, 15) is 9.59 Å². The van der Waals surface area contributed by atoms with E-state index in [1.54, 1.807) is 42.3 Å². The van der Waals surface area contributed by atoms with Gasteiger partial charge in [-0.25, -0.2) is 9.78 Å². The van der Waals surface area contributed by atoms with Crippen LogP contribution >= 0.6 is 0 Å². The van der Waals surface area contributed by atoms with Gasteiger partial charge in [-0.05, 0) is 35.7 Å². The molecule has 2 heterocycles. The first-order valence-electron chi connectivity index (χ1n) is 11.0. The second kappa shape index (κ2) is 9.77. The van der Waals surface area contributed by atoms with Gasteiger partial charge in [0.05, 0.1) is 26.5 Å². The first-order valence-corrected chi connectivity index (χ1v) is 11.0. The van der Waals surface area contributed by atoms with Crippen LogP contribution in [0.25, 0.3) is 11.2 Å². The van der Waals surface area contributed by atoms with Gasteiger partial charge in [-0.15, -0.1) is 0 Å². The summed E-state index contributed by atoms with van der Waals surface area (Å²) in [4.78, 5) is 31.2. The fourth-order valence-electron chi connectivity index (χ4n) is 3.80. The molecule has 0 amide bonds. The largest absolute Gasteiger partial charge is 0.497 e. The maximum Gasteiger partial charge on any atom is 0.333 e. The molecule has 0 aliphatic carbocycles. The molecule has 0 saturated heterocycles. The number of hydrogen-bond acceptors (Lipinski definition) is 5. The molecule has 0 saturated carbocycles. The van der Waals surface area contributed by atoms with Gasteiger partial charge in [0.15, 0.2) is 11.2 Å². The molecule has 2 aromatic carbocycles. The minimum Gasteiger partial charge on any atom is -0.497 e. The Hall–Kier alpha value is -3.81. The van der Waals surface area contributed by atoms with Crippen molar-refractivity contribution < 1.29 is 9.47 Å². The zero-order valence-corrected chi connectivity index (χ0v) is 19.1. The fourth-order valence-corrected chi connectivity index (χ4v) is 3.80. The maximum atomic E-state index is 13.4. The lowest BCUT2D eigenvalue weighted by Crippen LogP contribution is -2.42. The molecule has 0 atom stereocenters. The summed E-state index contributed by atoms with van der Waals surface area (Å²) in [6.07, 6.45) is 1.64. The molecule has 0 N–H and O–H groups in total.